The van der Waals surface area contributed by atoms with Gasteiger partial charge in [0, 0.05) is 5.56 Å². The van der Waals surface area contributed by atoms with Crippen LogP contribution in [0.3, 0.4) is 0 Å². The Labute approximate surface area is 191 Å². The van der Waals surface area contributed by atoms with Crippen LogP contribution in [-0.4, -0.2) is 33.4 Å². The standard InChI is InChI=1S/C25H25N3O3S/c1-16-12-18(3)21(13-17(16)2)22(29)15-32-25-27-26-24(20-9-5-6-10-23(20)30-4)28(25)14-19-8-7-11-31-19/h5-13H,14-15H2,1-4H3. The van der Waals surface area contributed by atoms with Gasteiger partial charge in [-0.1, -0.05) is 30.0 Å². The largest absolute Gasteiger partial charge is 0.496 e. The number of benzene rings is 2. The highest BCUT2D eigenvalue weighted by Gasteiger charge is 2.20. The maximum Gasteiger partial charge on any atom is 0.192 e. The first-order chi connectivity index (χ1) is 15.5. The van der Waals surface area contributed by atoms with Gasteiger partial charge in [-0.25, -0.2) is 0 Å². The number of hydrogen-bond donors (Lipinski definition) is 0. The van der Waals surface area contributed by atoms with Crippen molar-refractivity contribution in [1.82, 2.24) is 14.8 Å². The number of rotatable bonds is 8. The molecule has 32 heavy (non-hydrogen) atoms. The zero-order valence-corrected chi connectivity index (χ0v) is 19.4. The topological polar surface area (TPSA) is 70.2 Å². The molecule has 0 atom stereocenters. The summed E-state index contributed by atoms with van der Waals surface area (Å²) < 4.78 is 13.0. The SMILES string of the molecule is COc1ccccc1-c1nnc(SCC(=O)c2cc(C)c(C)cc2C)n1Cc1ccco1. The molecule has 0 spiro atoms. The van der Waals surface area contributed by atoms with Crippen LogP contribution in [-0.2, 0) is 6.54 Å². The van der Waals surface area contributed by atoms with Crippen molar-refractivity contribution < 1.29 is 13.9 Å². The van der Waals surface area contributed by atoms with Crippen LogP contribution in [0.25, 0.3) is 11.4 Å². The van der Waals surface area contributed by atoms with Crippen LogP contribution in [0.5, 0.6) is 5.75 Å². The molecule has 2 aromatic carbocycles. The van der Waals surface area contributed by atoms with Gasteiger partial charge in [-0.05, 0) is 67.8 Å². The summed E-state index contributed by atoms with van der Waals surface area (Å²) in [6.07, 6.45) is 1.64. The number of aryl methyl sites for hydroxylation is 3. The van der Waals surface area contributed by atoms with Gasteiger partial charge < -0.3 is 9.15 Å². The Balaban J connectivity index is 1.65. The number of para-hydroxylation sites is 1. The van der Waals surface area contributed by atoms with Crippen molar-refractivity contribution in [3.63, 3.8) is 0 Å². The van der Waals surface area contributed by atoms with Gasteiger partial charge in [0.25, 0.3) is 0 Å². The van der Waals surface area contributed by atoms with E-state index in [4.69, 9.17) is 9.15 Å². The highest BCUT2D eigenvalue weighted by Crippen LogP contribution is 2.32. The lowest BCUT2D eigenvalue weighted by Crippen LogP contribution is -2.08. The van der Waals surface area contributed by atoms with Crippen LogP contribution in [0, 0.1) is 20.8 Å². The number of nitrogens with zero attached hydrogens (tertiary/aromatic N) is 3. The van der Waals surface area contributed by atoms with Crippen LogP contribution in [0.4, 0.5) is 0 Å². The normalized spacial score (nSPS) is 11.0. The van der Waals surface area contributed by atoms with Crippen LogP contribution < -0.4 is 4.74 Å². The molecule has 164 valence electrons. The Hall–Kier alpha value is -3.32. The zero-order valence-electron chi connectivity index (χ0n) is 18.6. The molecule has 2 heterocycles. The second kappa shape index (κ2) is 9.44. The monoisotopic (exact) mass is 447 g/mol. The molecule has 4 rings (SSSR count). The molecule has 0 amide bonds. The maximum atomic E-state index is 13.0. The minimum absolute atomic E-state index is 0.0713. The first-order valence-electron chi connectivity index (χ1n) is 10.3. The predicted molar refractivity (Wildman–Crippen MR) is 126 cm³/mol. The van der Waals surface area contributed by atoms with E-state index in [1.54, 1.807) is 13.4 Å². The van der Waals surface area contributed by atoms with Crippen LogP contribution in [0.15, 0.2) is 64.4 Å². The molecular formula is C25H25N3O3S. The number of ether oxygens (including phenoxy) is 1. The van der Waals surface area contributed by atoms with E-state index < -0.39 is 0 Å². The molecule has 6 nitrogen and oxygen atoms in total. The molecule has 0 aliphatic rings. The Kier molecular flexibility index (Phi) is 6.46. The molecule has 0 unspecified atom stereocenters. The molecule has 4 aromatic rings. The number of aromatic nitrogens is 3. The quantitative estimate of drug-likeness (QED) is 0.263. The third-order valence-electron chi connectivity index (χ3n) is 5.43. The smallest absolute Gasteiger partial charge is 0.192 e. The van der Waals surface area contributed by atoms with Gasteiger partial charge in [0.1, 0.15) is 11.5 Å². The van der Waals surface area contributed by atoms with E-state index >= 15 is 0 Å². The molecule has 0 N–H and O–H groups in total. The number of thioether (sulfide) groups is 1. The number of methoxy groups -OCH3 is 1. The molecule has 2 aromatic heterocycles. The van der Waals surface area contributed by atoms with Gasteiger partial charge in [-0.2, -0.15) is 0 Å². The summed E-state index contributed by atoms with van der Waals surface area (Å²) in [5.41, 5.74) is 4.88. The lowest BCUT2D eigenvalue weighted by atomic mass is 9.99. The third-order valence-corrected chi connectivity index (χ3v) is 6.40. The summed E-state index contributed by atoms with van der Waals surface area (Å²) in [7, 11) is 1.63. The van der Waals surface area contributed by atoms with E-state index in [1.165, 1.54) is 17.3 Å². The lowest BCUT2D eigenvalue weighted by Gasteiger charge is -2.12. The molecule has 0 bridgehead atoms. The van der Waals surface area contributed by atoms with E-state index in [-0.39, 0.29) is 11.5 Å². The van der Waals surface area contributed by atoms with Crippen molar-refractivity contribution >= 4 is 17.5 Å². The van der Waals surface area contributed by atoms with E-state index in [0.29, 0.717) is 23.3 Å². The molecule has 0 saturated heterocycles. The summed E-state index contributed by atoms with van der Waals surface area (Å²) in [6.45, 7) is 6.51. The molecule has 0 saturated carbocycles. The highest BCUT2D eigenvalue weighted by molar-refractivity contribution is 7.99. The number of ketones is 1. The Morgan fingerprint density at radius 3 is 2.56 bits per heavy atom. The van der Waals surface area contributed by atoms with Gasteiger partial charge in [-0.15, -0.1) is 10.2 Å². The lowest BCUT2D eigenvalue weighted by molar-refractivity contribution is 0.102. The number of carbonyl (C=O) groups excluding carboxylic acids is 1. The fourth-order valence-corrected chi connectivity index (χ4v) is 4.41. The summed E-state index contributed by atoms with van der Waals surface area (Å²) in [6, 6.07) is 15.5. The molecular weight excluding hydrogens is 422 g/mol. The van der Waals surface area contributed by atoms with Gasteiger partial charge in [0.15, 0.2) is 16.8 Å². The highest BCUT2D eigenvalue weighted by atomic mass is 32.2. The number of carbonyl (C=O) groups is 1. The van der Waals surface area contributed by atoms with Crippen molar-refractivity contribution in [2.75, 3.05) is 12.9 Å². The van der Waals surface area contributed by atoms with Crippen molar-refractivity contribution in [2.45, 2.75) is 32.5 Å². The molecule has 0 fully saturated rings. The first kappa shape index (κ1) is 21.9. The Bertz CT molecular complexity index is 1250. The Morgan fingerprint density at radius 1 is 1.03 bits per heavy atom. The zero-order chi connectivity index (χ0) is 22.7. The second-order valence-electron chi connectivity index (χ2n) is 7.64. The third kappa shape index (κ3) is 4.48. The van der Waals surface area contributed by atoms with Crippen molar-refractivity contribution in [3.05, 3.63) is 82.8 Å². The van der Waals surface area contributed by atoms with Gasteiger partial charge >= 0.3 is 0 Å². The van der Waals surface area contributed by atoms with Crippen molar-refractivity contribution in [1.29, 1.82) is 0 Å². The predicted octanol–water partition coefficient (Wildman–Crippen LogP) is 5.50. The molecule has 7 heteroatoms. The average molecular weight is 448 g/mol. The molecule has 0 aliphatic heterocycles. The van der Waals surface area contributed by atoms with Gasteiger partial charge in [0.05, 0.1) is 31.2 Å². The summed E-state index contributed by atoms with van der Waals surface area (Å²) >= 11 is 1.38. The summed E-state index contributed by atoms with van der Waals surface area (Å²) in [4.78, 5) is 13.0. The van der Waals surface area contributed by atoms with Crippen molar-refractivity contribution in [3.8, 4) is 17.1 Å². The summed E-state index contributed by atoms with van der Waals surface area (Å²) in [5, 5.41) is 9.47. The molecule has 0 radical (unpaired) electrons. The summed E-state index contributed by atoms with van der Waals surface area (Å²) in [5.74, 6) is 2.49. The first-order valence-corrected chi connectivity index (χ1v) is 11.3. The fourth-order valence-electron chi connectivity index (χ4n) is 3.59. The van der Waals surface area contributed by atoms with Crippen LogP contribution in [0.2, 0.25) is 0 Å². The van der Waals surface area contributed by atoms with E-state index in [2.05, 4.69) is 23.2 Å². The average Bonchev–Trinajstić information content (AvgIpc) is 3.45. The number of Topliss-reactive ketones (excluding diaryl/α,β-unsaturated/α-hetero) is 1. The van der Waals surface area contributed by atoms with E-state index in [0.717, 1.165) is 28.0 Å². The minimum atomic E-state index is 0.0713. The second-order valence-corrected chi connectivity index (χ2v) is 8.58. The number of furan rings is 1. The van der Waals surface area contributed by atoms with Crippen molar-refractivity contribution in [2.24, 2.45) is 0 Å². The minimum Gasteiger partial charge on any atom is -0.496 e. The Morgan fingerprint density at radius 2 is 1.81 bits per heavy atom. The van der Waals surface area contributed by atoms with Gasteiger partial charge in [0.2, 0.25) is 0 Å². The maximum absolute atomic E-state index is 13.0. The van der Waals surface area contributed by atoms with Crippen LogP contribution in [0.1, 0.15) is 32.8 Å². The van der Waals surface area contributed by atoms with Crippen LogP contribution >= 0.6 is 11.8 Å². The van der Waals surface area contributed by atoms with Gasteiger partial charge in [-0.3, -0.25) is 9.36 Å². The fraction of sp³-hybridized carbons (Fsp3) is 0.240. The number of hydrogen-bond acceptors (Lipinski definition) is 6. The van der Waals surface area contributed by atoms with E-state index in [9.17, 15) is 4.79 Å². The molecule has 0 aliphatic carbocycles. The van der Waals surface area contributed by atoms with E-state index in [1.807, 2.05) is 60.9 Å².